The molecule has 0 heterocycles. The van der Waals surface area contributed by atoms with Gasteiger partial charge in [0.25, 0.3) is 17.5 Å². The van der Waals surface area contributed by atoms with Crippen LogP contribution >= 0.6 is 15.9 Å². The molecule has 228 valence electrons. The third-order valence-electron chi connectivity index (χ3n) is 5.88. The molecule has 0 atom stereocenters. The molecular formula is C31H20BrF3N4O6. The number of carbonyl (C=O) groups is 3. The van der Waals surface area contributed by atoms with Gasteiger partial charge < -0.3 is 10.1 Å². The first-order valence-corrected chi connectivity index (χ1v) is 13.5. The molecule has 0 aromatic heterocycles. The van der Waals surface area contributed by atoms with Gasteiger partial charge in [0.15, 0.2) is 0 Å². The Bertz CT molecular complexity index is 1840. The van der Waals surface area contributed by atoms with Gasteiger partial charge in [0.05, 0.1) is 16.7 Å². The van der Waals surface area contributed by atoms with E-state index in [2.05, 4.69) is 31.8 Å². The van der Waals surface area contributed by atoms with Gasteiger partial charge in [0.1, 0.15) is 5.75 Å². The zero-order valence-corrected chi connectivity index (χ0v) is 24.3. The molecule has 0 unspecified atom stereocenters. The number of anilines is 1. The average Bonchev–Trinajstić information content (AvgIpc) is 3.01. The predicted octanol–water partition coefficient (Wildman–Crippen LogP) is 7.01. The number of rotatable bonds is 9. The molecular weight excluding hydrogens is 661 g/mol. The molecule has 10 nitrogen and oxygen atoms in total. The van der Waals surface area contributed by atoms with E-state index < -0.39 is 34.4 Å². The van der Waals surface area contributed by atoms with Crippen LogP contribution in [0.3, 0.4) is 0 Å². The number of benzene rings is 4. The molecule has 0 saturated heterocycles. The van der Waals surface area contributed by atoms with Crippen LogP contribution in [0.2, 0.25) is 0 Å². The Morgan fingerprint density at radius 2 is 1.60 bits per heavy atom. The van der Waals surface area contributed by atoms with E-state index in [-0.39, 0.29) is 28.3 Å². The summed E-state index contributed by atoms with van der Waals surface area (Å²) in [5, 5.41) is 17.3. The van der Waals surface area contributed by atoms with E-state index in [0.29, 0.717) is 15.6 Å². The number of ether oxygens (including phenoxy) is 1. The Morgan fingerprint density at radius 3 is 2.33 bits per heavy atom. The summed E-state index contributed by atoms with van der Waals surface area (Å²) < 4.78 is 45.0. The summed E-state index contributed by atoms with van der Waals surface area (Å²) >= 11 is 3.31. The Kier molecular flexibility index (Phi) is 10.2. The molecule has 2 amide bonds. The van der Waals surface area contributed by atoms with Crippen LogP contribution in [0.25, 0.3) is 6.08 Å². The number of halogens is 4. The van der Waals surface area contributed by atoms with Gasteiger partial charge in [-0.3, -0.25) is 19.7 Å². The fourth-order valence-corrected chi connectivity index (χ4v) is 4.14. The van der Waals surface area contributed by atoms with Crippen molar-refractivity contribution in [1.29, 1.82) is 0 Å². The predicted molar refractivity (Wildman–Crippen MR) is 163 cm³/mol. The molecule has 4 rings (SSSR count). The maximum atomic E-state index is 13.0. The van der Waals surface area contributed by atoms with Crippen molar-refractivity contribution in [2.24, 2.45) is 5.10 Å². The van der Waals surface area contributed by atoms with Crippen molar-refractivity contribution in [2.45, 2.75) is 6.18 Å². The lowest BCUT2D eigenvalue weighted by molar-refractivity contribution is -0.384. The molecule has 4 aromatic carbocycles. The van der Waals surface area contributed by atoms with Crippen molar-refractivity contribution < 1.29 is 37.2 Å². The molecule has 2 N–H and O–H groups in total. The van der Waals surface area contributed by atoms with E-state index in [4.69, 9.17) is 4.74 Å². The van der Waals surface area contributed by atoms with E-state index in [1.807, 2.05) is 0 Å². The van der Waals surface area contributed by atoms with Crippen LogP contribution in [-0.4, -0.2) is 28.9 Å². The maximum Gasteiger partial charge on any atom is 0.416 e. The summed E-state index contributed by atoms with van der Waals surface area (Å²) in [6, 6.07) is 20.0. The minimum Gasteiger partial charge on any atom is -0.423 e. The lowest BCUT2D eigenvalue weighted by atomic mass is 10.1. The van der Waals surface area contributed by atoms with Crippen molar-refractivity contribution in [3.05, 3.63) is 139 Å². The highest BCUT2D eigenvalue weighted by Gasteiger charge is 2.31. The van der Waals surface area contributed by atoms with Crippen LogP contribution in [0, 0.1) is 10.1 Å². The standard InChI is InChI=1S/C31H20BrF3N4O6/c32-24-11-12-27(45-28(40)13-10-19-4-1-9-26(14-19)39(43)44)22(16-24)18-36-38-30(42)21-6-3-8-25(17-21)37-29(41)20-5-2-7-23(15-20)31(33,34)35/h1-18H,(H,37,41)(H,38,42)/b13-10+,36-18?. The normalized spacial score (nSPS) is 11.4. The SMILES string of the molecule is O=C(/C=C/c1cccc([N+](=O)[O-])c1)Oc1ccc(Br)cc1C=NNC(=O)c1cccc(NC(=O)c2cccc(C(F)(F)F)c2)c1. The quantitative estimate of drug-likeness (QED) is 0.0487. The van der Waals surface area contributed by atoms with Crippen LogP contribution in [0.4, 0.5) is 24.5 Å². The fourth-order valence-electron chi connectivity index (χ4n) is 3.77. The molecule has 0 bridgehead atoms. The van der Waals surface area contributed by atoms with E-state index in [1.165, 1.54) is 66.9 Å². The minimum absolute atomic E-state index is 0.0844. The zero-order chi connectivity index (χ0) is 32.6. The van der Waals surface area contributed by atoms with Crippen LogP contribution in [0.1, 0.15) is 37.4 Å². The van der Waals surface area contributed by atoms with Gasteiger partial charge in [-0.25, -0.2) is 10.2 Å². The Hall–Kier alpha value is -5.63. The van der Waals surface area contributed by atoms with Crippen LogP contribution < -0.4 is 15.5 Å². The van der Waals surface area contributed by atoms with E-state index in [9.17, 15) is 37.7 Å². The molecule has 0 aliphatic carbocycles. The van der Waals surface area contributed by atoms with Crippen molar-refractivity contribution in [2.75, 3.05) is 5.32 Å². The second kappa shape index (κ2) is 14.2. The molecule has 0 saturated carbocycles. The fraction of sp³-hybridized carbons (Fsp3) is 0.0323. The second-order valence-corrected chi connectivity index (χ2v) is 10.0. The summed E-state index contributed by atoms with van der Waals surface area (Å²) in [5.74, 6) is -2.14. The highest BCUT2D eigenvalue weighted by molar-refractivity contribution is 9.10. The molecule has 4 aromatic rings. The first-order valence-electron chi connectivity index (χ1n) is 12.7. The third kappa shape index (κ3) is 9.18. The molecule has 0 spiro atoms. The summed E-state index contributed by atoms with van der Waals surface area (Å²) in [5.41, 5.74) is 1.97. The number of nitro benzene ring substituents is 1. The lowest BCUT2D eigenvalue weighted by Gasteiger charge is -2.10. The Labute approximate surface area is 261 Å². The number of alkyl halides is 3. The summed E-state index contributed by atoms with van der Waals surface area (Å²) in [7, 11) is 0. The first kappa shape index (κ1) is 32.3. The minimum atomic E-state index is -4.61. The number of hydrazone groups is 1. The van der Waals surface area contributed by atoms with E-state index >= 15 is 0 Å². The van der Waals surface area contributed by atoms with Crippen molar-refractivity contribution in [3.63, 3.8) is 0 Å². The van der Waals surface area contributed by atoms with Gasteiger partial charge in [0.2, 0.25) is 0 Å². The second-order valence-electron chi connectivity index (χ2n) is 9.10. The molecule has 0 radical (unpaired) electrons. The zero-order valence-electron chi connectivity index (χ0n) is 22.7. The summed E-state index contributed by atoms with van der Waals surface area (Å²) in [6.45, 7) is 0. The number of amides is 2. The number of hydrogen-bond donors (Lipinski definition) is 2. The maximum absolute atomic E-state index is 13.0. The summed E-state index contributed by atoms with van der Waals surface area (Å²) in [4.78, 5) is 48.0. The molecule has 45 heavy (non-hydrogen) atoms. The highest BCUT2D eigenvalue weighted by Crippen LogP contribution is 2.30. The lowest BCUT2D eigenvalue weighted by Crippen LogP contribution is -2.18. The van der Waals surface area contributed by atoms with Crippen molar-refractivity contribution >= 4 is 57.4 Å². The molecule has 14 heteroatoms. The van der Waals surface area contributed by atoms with Crippen LogP contribution in [0.5, 0.6) is 5.75 Å². The molecule has 0 fully saturated rings. The number of nitrogens with zero attached hydrogens (tertiary/aromatic N) is 2. The van der Waals surface area contributed by atoms with Crippen LogP contribution in [-0.2, 0) is 11.0 Å². The number of non-ortho nitro benzene ring substituents is 1. The highest BCUT2D eigenvalue weighted by atomic mass is 79.9. The van der Waals surface area contributed by atoms with Gasteiger partial charge >= 0.3 is 12.1 Å². The van der Waals surface area contributed by atoms with Gasteiger partial charge in [0, 0.05) is 45.1 Å². The number of nitro groups is 1. The third-order valence-corrected chi connectivity index (χ3v) is 6.37. The smallest absolute Gasteiger partial charge is 0.416 e. The molecule has 0 aliphatic rings. The topological polar surface area (TPSA) is 140 Å². The Morgan fingerprint density at radius 1 is 0.889 bits per heavy atom. The monoisotopic (exact) mass is 680 g/mol. The van der Waals surface area contributed by atoms with E-state index in [1.54, 1.807) is 18.2 Å². The van der Waals surface area contributed by atoms with Crippen molar-refractivity contribution in [1.82, 2.24) is 5.43 Å². The van der Waals surface area contributed by atoms with Gasteiger partial charge in [-0.05, 0) is 66.2 Å². The van der Waals surface area contributed by atoms with Crippen LogP contribution in [0.15, 0.2) is 107 Å². The van der Waals surface area contributed by atoms with Gasteiger partial charge in [-0.2, -0.15) is 18.3 Å². The number of nitrogens with one attached hydrogen (secondary N) is 2. The summed E-state index contributed by atoms with van der Waals surface area (Å²) in [6.07, 6.45) is -0.921. The van der Waals surface area contributed by atoms with Crippen molar-refractivity contribution in [3.8, 4) is 5.75 Å². The van der Waals surface area contributed by atoms with E-state index in [0.717, 1.165) is 24.3 Å². The Balaban J connectivity index is 1.40. The number of esters is 1. The number of hydrogen-bond acceptors (Lipinski definition) is 7. The average molecular weight is 681 g/mol. The number of carbonyl (C=O) groups excluding carboxylic acids is 3. The van der Waals surface area contributed by atoms with Gasteiger partial charge in [-0.1, -0.05) is 40.2 Å². The largest absolute Gasteiger partial charge is 0.423 e. The first-order chi connectivity index (χ1) is 21.4. The van der Waals surface area contributed by atoms with Gasteiger partial charge in [-0.15, -0.1) is 0 Å². The molecule has 0 aliphatic heterocycles.